The molecule has 0 aliphatic carbocycles. The third-order valence-corrected chi connectivity index (χ3v) is 18.9. The molecule has 3 rings (SSSR count). The van der Waals surface area contributed by atoms with Crippen LogP contribution in [0.2, 0.25) is 0 Å². The molecule has 588 valence electrons. The van der Waals surface area contributed by atoms with Crippen LogP contribution in [0.15, 0.2) is 24.3 Å². The molecule has 0 unspecified atom stereocenters. The van der Waals surface area contributed by atoms with Crippen LogP contribution in [0.3, 0.4) is 0 Å². The molecular formula is C73H120F3N13O15. The Labute approximate surface area is 613 Å². The monoisotopic (exact) mass is 1480 g/mol. The van der Waals surface area contributed by atoms with Crippen LogP contribution in [0.4, 0.5) is 13.2 Å². The molecular weight excluding hydrogens is 1360 g/mol. The third-order valence-electron chi connectivity index (χ3n) is 18.9. The van der Waals surface area contributed by atoms with E-state index in [4.69, 9.17) is 9.47 Å². The maximum absolute atomic E-state index is 15.4. The molecule has 0 bridgehead atoms. The fourth-order valence-electron chi connectivity index (χ4n) is 12.1. The molecule has 104 heavy (non-hydrogen) atoms. The summed E-state index contributed by atoms with van der Waals surface area (Å²) in [5.74, 6) is -11.0. The number of carbonyl (C=O) groups excluding carboxylic acids is 13. The van der Waals surface area contributed by atoms with Gasteiger partial charge >= 0.3 is 6.18 Å². The van der Waals surface area contributed by atoms with E-state index in [1.807, 2.05) is 27.7 Å². The van der Waals surface area contributed by atoms with Gasteiger partial charge < -0.3 is 74.8 Å². The van der Waals surface area contributed by atoms with Crippen molar-refractivity contribution in [3.63, 3.8) is 0 Å². The fourth-order valence-corrected chi connectivity index (χ4v) is 12.1. The Hall–Kier alpha value is -7.96. The summed E-state index contributed by atoms with van der Waals surface area (Å²) in [6.45, 7) is 19.6. The van der Waals surface area contributed by atoms with Gasteiger partial charge in [-0.2, -0.15) is 13.2 Å². The van der Waals surface area contributed by atoms with Crippen molar-refractivity contribution in [1.82, 2.24) is 65.4 Å². The minimum absolute atomic E-state index is 0.00129. The Morgan fingerprint density at radius 1 is 0.596 bits per heavy atom. The highest BCUT2D eigenvalue weighted by Crippen LogP contribution is 2.30. The van der Waals surface area contributed by atoms with Gasteiger partial charge in [0, 0.05) is 81.6 Å². The van der Waals surface area contributed by atoms with Crippen LogP contribution in [0.5, 0.6) is 0 Å². The SMILES string of the molecule is CC[C@H](C)[C@@H]1NC(=O)[C@H](CC(C)C)N(C)C(=O)C[C@@H](C(=O)N2CCCCC2)N(C)C(=O)[C@H](CC(C)C)N(C)C(=O)C(C)(C)NC(=O)[C@H](COCC(=O)NC(C)(C)C)N(C)C(=O)[C@H](CCc2ccc(C(F)(F)F)cc2)NC(=O)CN(C)C(=O)[C@H](COCCC(C)C)N(C)C(=O)CN(C)C(=O)CN(C)C1=O. The number of carbonyl (C=O) groups is 13. The smallest absolute Gasteiger partial charge is 0.379 e. The Morgan fingerprint density at radius 3 is 1.69 bits per heavy atom. The Morgan fingerprint density at radius 2 is 1.14 bits per heavy atom. The molecule has 13 amide bonds. The van der Waals surface area contributed by atoms with Crippen LogP contribution in [-0.4, -0.2) is 290 Å². The van der Waals surface area contributed by atoms with Crippen molar-refractivity contribution in [3.8, 4) is 0 Å². The van der Waals surface area contributed by atoms with Gasteiger partial charge in [0.05, 0.1) is 44.8 Å². The van der Waals surface area contributed by atoms with E-state index in [1.165, 1.54) is 87.3 Å². The number of ether oxygens (including phenoxy) is 2. The molecule has 8 atom stereocenters. The summed E-state index contributed by atoms with van der Waals surface area (Å²) < 4.78 is 53.0. The zero-order valence-electron chi connectivity index (χ0n) is 65.4. The van der Waals surface area contributed by atoms with E-state index >= 15 is 19.2 Å². The van der Waals surface area contributed by atoms with Crippen molar-refractivity contribution in [2.75, 3.05) is 116 Å². The molecule has 0 radical (unpaired) electrons. The van der Waals surface area contributed by atoms with Gasteiger partial charge in [-0.3, -0.25) is 62.3 Å². The minimum Gasteiger partial charge on any atom is -0.379 e. The Kier molecular flexibility index (Phi) is 35.2. The van der Waals surface area contributed by atoms with Crippen molar-refractivity contribution in [2.24, 2.45) is 23.7 Å². The van der Waals surface area contributed by atoms with Crippen LogP contribution in [0.1, 0.15) is 159 Å². The molecule has 2 saturated heterocycles. The van der Waals surface area contributed by atoms with Gasteiger partial charge in [0.1, 0.15) is 54.4 Å². The highest BCUT2D eigenvalue weighted by Gasteiger charge is 2.45. The number of halogens is 3. The second-order valence-electron chi connectivity index (χ2n) is 30.8. The van der Waals surface area contributed by atoms with Crippen LogP contribution in [0, 0.1) is 23.7 Å². The molecule has 1 aromatic carbocycles. The lowest BCUT2D eigenvalue weighted by Gasteiger charge is -2.40. The number of piperidine rings is 1. The first-order chi connectivity index (χ1) is 48.1. The summed E-state index contributed by atoms with van der Waals surface area (Å²) in [6, 6.07) is -6.01. The Bertz CT molecular complexity index is 3120. The number of alkyl halides is 3. The predicted octanol–water partition coefficient (Wildman–Crippen LogP) is 3.56. The average molecular weight is 1480 g/mol. The summed E-state index contributed by atoms with van der Waals surface area (Å²) >= 11 is 0. The second kappa shape index (κ2) is 40.5. The van der Waals surface area contributed by atoms with Gasteiger partial charge in [-0.1, -0.05) is 73.9 Å². The number of nitrogens with zero attached hydrogens (tertiary/aromatic N) is 9. The third kappa shape index (κ3) is 27.5. The van der Waals surface area contributed by atoms with Crippen molar-refractivity contribution in [3.05, 3.63) is 35.4 Å². The van der Waals surface area contributed by atoms with Gasteiger partial charge in [0.15, 0.2) is 0 Å². The molecule has 0 spiro atoms. The van der Waals surface area contributed by atoms with Crippen molar-refractivity contribution in [1.29, 1.82) is 0 Å². The summed E-state index contributed by atoms with van der Waals surface area (Å²) in [5.41, 5.74) is -3.33. The molecule has 2 fully saturated rings. The van der Waals surface area contributed by atoms with Crippen LogP contribution >= 0.6 is 0 Å². The van der Waals surface area contributed by atoms with Crippen LogP contribution < -0.4 is 21.3 Å². The maximum atomic E-state index is 15.4. The number of likely N-dealkylation sites (N-methyl/N-ethyl adjacent to an activating group) is 8. The van der Waals surface area contributed by atoms with Crippen LogP contribution in [-0.2, 0) is 84.4 Å². The topological polar surface area (TPSA) is 318 Å². The first-order valence-corrected chi connectivity index (χ1v) is 36.0. The van der Waals surface area contributed by atoms with E-state index in [-0.39, 0.29) is 56.7 Å². The number of aryl methyl sites for hydroxylation is 1. The van der Waals surface area contributed by atoms with Gasteiger partial charge in [0.2, 0.25) is 76.8 Å². The van der Waals surface area contributed by atoms with E-state index in [9.17, 15) is 56.3 Å². The van der Waals surface area contributed by atoms with Gasteiger partial charge in [-0.25, -0.2) is 0 Å². The van der Waals surface area contributed by atoms with E-state index in [0.717, 1.165) is 52.9 Å². The Balaban J connectivity index is 2.38. The van der Waals surface area contributed by atoms with E-state index in [0.29, 0.717) is 44.3 Å². The van der Waals surface area contributed by atoms with Crippen molar-refractivity contribution in [2.45, 2.75) is 214 Å². The highest BCUT2D eigenvalue weighted by atomic mass is 19.4. The summed E-state index contributed by atoms with van der Waals surface area (Å²) in [5, 5.41) is 10.9. The van der Waals surface area contributed by atoms with Gasteiger partial charge in [-0.05, 0) is 127 Å². The number of nitrogens with one attached hydrogen (secondary N) is 4. The predicted molar refractivity (Wildman–Crippen MR) is 384 cm³/mol. The molecule has 2 heterocycles. The van der Waals surface area contributed by atoms with E-state index in [1.54, 1.807) is 53.4 Å². The average Bonchev–Trinajstić information content (AvgIpc) is 0.803. The first kappa shape index (κ1) is 90.3. The quantitative estimate of drug-likeness (QED) is 0.144. The summed E-state index contributed by atoms with van der Waals surface area (Å²) in [4.78, 5) is 201. The maximum Gasteiger partial charge on any atom is 0.416 e. The molecule has 0 saturated carbocycles. The summed E-state index contributed by atoms with van der Waals surface area (Å²) in [6.07, 6.45) is -2.64. The van der Waals surface area contributed by atoms with Gasteiger partial charge in [0.25, 0.3) is 0 Å². The standard InChI is InChI=1S/C73H120F3N13O15/c1-22-48(8)62-69(101)83(16)40-60(93)81(14)41-61(94)85(18)56(43-103-35-32-45(2)3)66(98)82(15)39-57(90)77-51(31-28-49-26-29-50(30-27-49)73(74,75)76)65(97)87(20)55(42-104-44-58(91)79-71(9,10)11)64(96)80-72(12,13)70(102)88(21)53(37-47(6)7)67(99)86(19)54(68(100)89-33-24-23-25-34-89)38-59(92)84(17)52(36-46(4)5)63(95)78-62/h26-27,29-30,45-48,51-56,62H,22-25,28,31-44H2,1-21H3,(H,77,90)(H,78,95)(H,79,91)(H,80,96)/t48-,51-,52-,53-,54-,55-,56-,62-/m0/s1. The lowest BCUT2D eigenvalue weighted by atomic mass is 9.95. The molecule has 4 N–H and O–H groups in total. The molecule has 2 aliphatic rings. The second-order valence-corrected chi connectivity index (χ2v) is 30.8. The van der Waals surface area contributed by atoms with Gasteiger partial charge in [-0.15, -0.1) is 0 Å². The number of amides is 13. The molecule has 28 nitrogen and oxygen atoms in total. The number of benzene rings is 1. The molecule has 2 aliphatic heterocycles. The number of hydrogen-bond acceptors (Lipinski definition) is 15. The van der Waals surface area contributed by atoms with Crippen molar-refractivity contribution >= 4 is 76.8 Å². The zero-order chi connectivity index (χ0) is 79.2. The lowest BCUT2D eigenvalue weighted by molar-refractivity contribution is -0.155. The van der Waals surface area contributed by atoms with Crippen LogP contribution in [0.25, 0.3) is 0 Å². The number of rotatable bonds is 19. The van der Waals surface area contributed by atoms with Crippen molar-refractivity contribution < 1.29 is 85.0 Å². The largest absolute Gasteiger partial charge is 0.416 e. The fraction of sp³-hybridized carbons (Fsp3) is 0.740. The highest BCUT2D eigenvalue weighted by molar-refractivity contribution is 6.00. The number of likely N-dealkylation sites (tertiary alicyclic amines) is 1. The number of hydrogen-bond donors (Lipinski definition) is 4. The minimum atomic E-state index is -4.68. The van der Waals surface area contributed by atoms with E-state index < -0.39 is 187 Å². The van der Waals surface area contributed by atoms with E-state index in [2.05, 4.69) is 21.3 Å². The molecule has 31 heteroatoms. The lowest BCUT2D eigenvalue weighted by Crippen LogP contribution is -2.64. The normalized spacial score (nSPS) is 23.3. The summed E-state index contributed by atoms with van der Waals surface area (Å²) in [7, 11) is 10.5. The first-order valence-electron chi connectivity index (χ1n) is 36.0. The molecule has 1 aromatic rings. The molecule has 0 aromatic heterocycles. The zero-order valence-corrected chi connectivity index (χ0v) is 65.4.